The molecule has 0 radical (unpaired) electrons. The van der Waals surface area contributed by atoms with Crippen LogP contribution in [0.1, 0.15) is 19.4 Å². The number of benzene rings is 1. The van der Waals surface area contributed by atoms with Gasteiger partial charge in [-0.25, -0.2) is 4.39 Å². The molecule has 0 aliphatic rings. The van der Waals surface area contributed by atoms with Crippen LogP contribution in [0.2, 0.25) is 0 Å². The Morgan fingerprint density at radius 2 is 2.24 bits per heavy atom. The van der Waals surface area contributed by atoms with Crippen molar-refractivity contribution in [3.8, 4) is 5.75 Å². The smallest absolute Gasteiger partial charge is 0.165 e. The van der Waals surface area contributed by atoms with Gasteiger partial charge >= 0.3 is 0 Å². The van der Waals surface area contributed by atoms with E-state index in [1.54, 1.807) is 6.07 Å². The van der Waals surface area contributed by atoms with Gasteiger partial charge in [0.05, 0.1) is 6.61 Å². The molecule has 1 atom stereocenters. The first-order valence-corrected chi connectivity index (χ1v) is 5.90. The van der Waals surface area contributed by atoms with E-state index in [-0.39, 0.29) is 24.1 Å². The Hall–Kier alpha value is -1.13. The van der Waals surface area contributed by atoms with Crippen molar-refractivity contribution in [1.82, 2.24) is 5.32 Å². The third kappa shape index (κ3) is 4.32. The third-order valence-corrected chi connectivity index (χ3v) is 2.44. The van der Waals surface area contributed by atoms with Crippen molar-refractivity contribution in [2.24, 2.45) is 5.92 Å². The van der Waals surface area contributed by atoms with E-state index in [0.29, 0.717) is 13.2 Å². The van der Waals surface area contributed by atoms with Crippen LogP contribution in [0.5, 0.6) is 5.75 Å². The number of nitrogens with one attached hydrogen (secondary N) is 1. The van der Waals surface area contributed by atoms with Gasteiger partial charge in [-0.2, -0.15) is 0 Å². The summed E-state index contributed by atoms with van der Waals surface area (Å²) in [5.74, 6) is -0.0686. The molecule has 0 aliphatic heterocycles. The Morgan fingerprint density at radius 1 is 1.47 bits per heavy atom. The number of rotatable bonds is 7. The van der Waals surface area contributed by atoms with Gasteiger partial charge in [-0.3, -0.25) is 0 Å². The van der Waals surface area contributed by atoms with Crippen molar-refractivity contribution in [2.75, 3.05) is 19.8 Å². The van der Waals surface area contributed by atoms with Gasteiger partial charge in [0.15, 0.2) is 11.6 Å². The fourth-order valence-electron chi connectivity index (χ4n) is 1.39. The first kappa shape index (κ1) is 13.9. The van der Waals surface area contributed by atoms with Gasteiger partial charge in [-0.05, 0) is 12.6 Å². The van der Waals surface area contributed by atoms with E-state index < -0.39 is 0 Å². The lowest BCUT2D eigenvalue weighted by Crippen LogP contribution is -2.16. The van der Waals surface area contributed by atoms with Crippen LogP contribution in [-0.2, 0) is 6.54 Å². The maximum atomic E-state index is 13.6. The second-order valence-corrected chi connectivity index (χ2v) is 4.11. The Morgan fingerprint density at radius 3 is 2.88 bits per heavy atom. The van der Waals surface area contributed by atoms with Gasteiger partial charge in [0.2, 0.25) is 0 Å². The summed E-state index contributed by atoms with van der Waals surface area (Å²) in [6.07, 6.45) is 0. The summed E-state index contributed by atoms with van der Waals surface area (Å²) >= 11 is 0. The largest absolute Gasteiger partial charge is 0.490 e. The Kier molecular flexibility index (Phi) is 5.94. The summed E-state index contributed by atoms with van der Waals surface area (Å²) in [5, 5.41) is 12.0. The van der Waals surface area contributed by atoms with Crippen molar-refractivity contribution in [3.05, 3.63) is 29.6 Å². The first-order valence-electron chi connectivity index (χ1n) is 5.90. The fourth-order valence-corrected chi connectivity index (χ4v) is 1.39. The fraction of sp³-hybridized carbons (Fsp3) is 0.538. The number of para-hydroxylation sites is 1. The van der Waals surface area contributed by atoms with Crippen molar-refractivity contribution >= 4 is 0 Å². The standard InChI is InChI=1S/C13H20FNO2/c1-3-15-7-11-5-4-6-12(14)13(11)17-9-10(2)8-16/h4-6,10,15-16H,3,7-9H2,1-2H3. The molecule has 2 N–H and O–H groups in total. The SMILES string of the molecule is CCNCc1cccc(F)c1OCC(C)CO. The minimum absolute atomic E-state index is 0.00147. The Bertz CT molecular complexity index is 344. The summed E-state index contributed by atoms with van der Waals surface area (Å²) in [7, 11) is 0. The van der Waals surface area contributed by atoms with Crippen LogP contribution < -0.4 is 10.1 Å². The molecule has 0 heterocycles. The summed E-state index contributed by atoms with van der Waals surface area (Å²) in [5.41, 5.74) is 0.803. The molecule has 0 saturated heterocycles. The molecule has 17 heavy (non-hydrogen) atoms. The highest BCUT2D eigenvalue weighted by Crippen LogP contribution is 2.23. The highest BCUT2D eigenvalue weighted by atomic mass is 19.1. The van der Waals surface area contributed by atoms with Gasteiger partial charge in [0.25, 0.3) is 0 Å². The molecule has 1 rings (SSSR count). The molecule has 1 aromatic rings. The molecule has 3 nitrogen and oxygen atoms in total. The third-order valence-electron chi connectivity index (χ3n) is 2.44. The van der Waals surface area contributed by atoms with E-state index in [2.05, 4.69) is 5.32 Å². The summed E-state index contributed by atoms with van der Waals surface area (Å²) in [6.45, 7) is 5.60. The van der Waals surface area contributed by atoms with E-state index >= 15 is 0 Å². The van der Waals surface area contributed by atoms with Crippen molar-refractivity contribution in [3.63, 3.8) is 0 Å². The van der Waals surface area contributed by atoms with E-state index in [9.17, 15) is 4.39 Å². The second kappa shape index (κ2) is 7.25. The van der Waals surface area contributed by atoms with Crippen LogP contribution in [0, 0.1) is 11.7 Å². The quantitative estimate of drug-likeness (QED) is 0.766. The number of hydrogen-bond acceptors (Lipinski definition) is 3. The number of hydrogen-bond donors (Lipinski definition) is 2. The Balaban J connectivity index is 2.72. The van der Waals surface area contributed by atoms with Gasteiger partial charge in [0.1, 0.15) is 0 Å². The molecule has 0 amide bonds. The summed E-state index contributed by atoms with van der Waals surface area (Å²) < 4.78 is 19.1. The van der Waals surface area contributed by atoms with E-state index in [4.69, 9.17) is 9.84 Å². The van der Waals surface area contributed by atoms with Crippen LogP contribution in [0.25, 0.3) is 0 Å². The summed E-state index contributed by atoms with van der Waals surface area (Å²) in [4.78, 5) is 0. The van der Waals surface area contributed by atoms with Crippen LogP contribution >= 0.6 is 0 Å². The van der Waals surface area contributed by atoms with Crippen molar-refractivity contribution < 1.29 is 14.2 Å². The monoisotopic (exact) mass is 241 g/mol. The lowest BCUT2D eigenvalue weighted by atomic mass is 10.2. The molecule has 0 spiro atoms. The number of aliphatic hydroxyl groups is 1. The molecule has 0 bridgehead atoms. The van der Waals surface area contributed by atoms with Crippen molar-refractivity contribution in [2.45, 2.75) is 20.4 Å². The van der Waals surface area contributed by atoms with Gasteiger partial charge in [-0.15, -0.1) is 0 Å². The average molecular weight is 241 g/mol. The molecular weight excluding hydrogens is 221 g/mol. The predicted octanol–water partition coefficient (Wildman–Crippen LogP) is 1.94. The second-order valence-electron chi connectivity index (χ2n) is 4.11. The molecule has 0 aromatic heterocycles. The number of aliphatic hydroxyl groups excluding tert-OH is 1. The van der Waals surface area contributed by atoms with Gasteiger partial charge in [-0.1, -0.05) is 26.0 Å². The van der Waals surface area contributed by atoms with Crippen LogP contribution in [0.3, 0.4) is 0 Å². The molecule has 0 saturated carbocycles. The molecule has 0 fully saturated rings. The van der Waals surface area contributed by atoms with Crippen LogP contribution in [0.15, 0.2) is 18.2 Å². The minimum atomic E-state index is -0.356. The van der Waals surface area contributed by atoms with E-state index in [1.165, 1.54) is 6.07 Å². The van der Waals surface area contributed by atoms with Crippen molar-refractivity contribution in [1.29, 1.82) is 0 Å². The Labute approximate surface area is 102 Å². The minimum Gasteiger partial charge on any atom is -0.490 e. The summed E-state index contributed by atoms with van der Waals surface area (Å²) in [6, 6.07) is 4.89. The predicted molar refractivity (Wildman–Crippen MR) is 65.5 cm³/mol. The topological polar surface area (TPSA) is 41.5 Å². The molecule has 96 valence electrons. The highest BCUT2D eigenvalue weighted by Gasteiger charge is 2.11. The number of halogens is 1. The average Bonchev–Trinajstić information content (AvgIpc) is 2.34. The maximum absolute atomic E-state index is 13.6. The van der Waals surface area contributed by atoms with Crippen LogP contribution in [-0.4, -0.2) is 24.9 Å². The zero-order chi connectivity index (χ0) is 12.7. The molecule has 4 heteroatoms. The van der Waals surface area contributed by atoms with Crippen LogP contribution in [0.4, 0.5) is 4.39 Å². The normalized spacial score (nSPS) is 12.5. The highest BCUT2D eigenvalue weighted by molar-refractivity contribution is 5.34. The van der Waals surface area contributed by atoms with Gasteiger partial charge in [0, 0.05) is 24.6 Å². The molecule has 1 unspecified atom stereocenters. The lowest BCUT2D eigenvalue weighted by Gasteiger charge is -2.15. The van der Waals surface area contributed by atoms with Gasteiger partial charge < -0.3 is 15.2 Å². The maximum Gasteiger partial charge on any atom is 0.165 e. The lowest BCUT2D eigenvalue weighted by molar-refractivity contribution is 0.170. The van der Waals surface area contributed by atoms with E-state index in [1.807, 2.05) is 19.9 Å². The first-order chi connectivity index (χ1) is 8.19. The van der Waals surface area contributed by atoms with E-state index in [0.717, 1.165) is 12.1 Å². The molecule has 0 aliphatic carbocycles. The zero-order valence-corrected chi connectivity index (χ0v) is 10.4. The number of ether oxygens (including phenoxy) is 1. The molecular formula is C13H20FNO2. The molecule has 1 aromatic carbocycles. The zero-order valence-electron chi connectivity index (χ0n) is 10.4.